The van der Waals surface area contributed by atoms with Gasteiger partial charge in [0.2, 0.25) is 5.56 Å². The first-order valence-corrected chi connectivity index (χ1v) is 4.47. The summed E-state index contributed by atoms with van der Waals surface area (Å²) in [7, 11) is 0. The predicted molar refractivity (Wildman–Crippen MR) is 52.1 cm³/mol. The van der Waals surface area contributed by atoms with Crippen LogP contribution in [0, 0.1) is 6.92 Å². The van der Waals surface area contributed by atoms with E-state index in [1.54, 1.807) is 13.0 Å². The molecule has 0 atom stereocenters. The maximum atomic E-state index is 11.1. The number of pyridine rings is 1. The molecule has 0 bridgehead atoms. The number of esters is 1. The first-order chi connectivity index (χ1) is 6.61. The lowest BCUT2D eigenvalue weighted by Crippen LogP contribution is -2.13. The van der Waals surface area contributed by atoms with Crippen molar-refractivity contribution in [2.75, 3.05) is 6.61 Å². The van der Waals surface area contributed by atoms with Gasteiger partial charge in [0.1, 0.15) is 0 Å². The SMILES string of the molecule is CCOC(=O)Cc1cc(C)cc(=O)[nH]1. The van der Waals surface area contributed by atoms with Crippen molar-refractivity contribution in [2.24, 2.45) is 0 Å². The Morgan fingerprint density at radius 2 is 2.21 bits per heavy atom. The Balaban J connectivity index is 2.76. The summed E-state index contributed by atoms with van der Waals surface area (Å²) in [5, 5.41) is 0. The van der Waals surface area contributed by atoms with Gasteiger partial charge in [-0.05, 0) is 25.5 Å². The molecule has 0 aliphatic heterocycles. The largest absolute Gasteiger partial charge is 0.466 e. The van der Waals surface area contributed by atoms with Crippen molar-refractivity contribution in [3.8, 4) is 0 Å². The minimum Gasteiger partial charge on any atom is -0.466 e. The number of carbonyl (C=O) groups is 1. The molecule has 1 heterocycles. The zero-order valence-electron chi connectivity index (χ0n) is 8.29. The molecule has 1 aromatic heterocycles. The minimum atomic E-state index is -0.325. The van der Waals surface area contributed by atoms with Gasteiger partial charge in [-0.1, -0.05) is 0 Å². The second-order valence-corrected chi connectivity index (χ2v) is 3.03. The van der Waals surface area contributed by atoms with Crippen LogP contribution in [-0.2, 0) is 16.0 Å². The van der Waals surface area contributed by atoms with E-state index in [-0.39, 0.29) is 17.9 Å². The number of rotatable bonds is 3. The third-order valence-corrected chi connectivity index (χ3v) is 1.68. The molecule has 0 spiro atoms. The maximum Gasteiger partial charge on any atom is 0.311 e. The van der Waals surface area contributed by atoms with Gasteiger partial charge < -0.3 is 9.72 Å². The smallest absolute Gasteiger partial charge is 0.311 e. The van der Waals surface area contributed by atoms with Crippen LogP contribution >= 0.6 is 0 Å². The van der Waals surface area contributed by atoms with Crippen molar-refractivity contribution in [1.29, 1.82) is 0 Å². The molecule has 76 valence electrons. The van der Waals surface area contributed by atoms with Crippen molar-refractivity contribution in [3.05, 3.63) is 33.7 Å². The average molecular weight is 195 g/mol. The van der Waals surface area contributed by atoms with Crippen molar-refractivity contribution >= 4 is 5.97 Å². The summed E-state index contributed by atoms with van der Waals surface area (Å²) in [5.41, 5.74) is 1.24. The highest BCUT2D eigenvalue weighted by molar-refractivity contribution is 5.71. The summed E-state index contributed by atoms with van der Waals surface area (Å²) < 4.78 is 4.76. The van der Waals surface area contributed by atoms with E-state index in [2.05, 4.69) is 4.98 Å². The molecule has 0 aromatic carbocycles. The normalized spacial score (nSPS) is 9.86. The minimum absolute atomic E-state index is 0.116. The number of aromatic amines is 1. The van der Waals surface area contributed by atoms with Gasteiger partial charge in [0.25, 0.3) is 0 Å². The zero-order valence-corrected chi connectivity index (χ0v) is 8.29. The fourth-order valence-corrected chi connectivity index (χ4v) is 1.22. The van der Waals surface area contributed by atoms with E-state index in [1.807, 2.05) is 6.92 Å². The average Bonchev–Trinajstić information content (AvgIpc) is 2.01. The van der Waals surface area contributed by atoms with E-state index < -0.39 is 0 Å². The van der Waals surface area contributed by atoms with E-state index in [4.69, 9.17) is 4.74 Å². The first-order valence-electron chi connectivity index (χ1n) is 4.47. The lowest BCUT2D eigenvalue weighted by molar-refractivity contribution is -0.142. The lowest BCUT2D eigenvalue weighted by atomic mass is 10.2. The van der Waals surface area contributed by atoms with Crippen LogP contribution in [0.1, 0.15) is 18.2 Å². The van der Waals surface area contributed by atoms with Crippen LogP contribution in [0.15, 0.2) is 16.9 Å². The van der Waals surface area contributed by atoms with Crippen molar-refractivity contribution in [1.82, 2.24) is 4.98 Å². The van der Waals surface area contributed by atoms with Crippen LogP contribution in [0.3, 0.4) is 0 Å². The van der Waals surface area contributed by atoms with E-state index in [9.17, 15) is 9.59 Å². The summed E-state index contributed by atoms with van der Waals surface area (Å²) in [6.07, 6.45) is 0.116. The Bertz CT molecular complexity index is 381. The Morgan fingerprint density at radius 1 is 1.50 bits per heavy atom. The number of aromatic nitrogens is 1. The summed E-state index contributed by atoms with van der Waals surface area (Å²) >= 11 is 0. The maximum absolute atomic E-state index is 11.1. The lowest BCUT2D eigenvalue weighted by Gasteiger charge is -2.02. The standard InChI is InChI=1S/C10H13NO3/c1-3-14-10(13)6-8-4-7(2)5-9(12)11-8/h4-5H,3,6H2,1-2H3,(H,11,12). The second kappa shape index (κ2) is 4.60. The van der Waals surface area contributed by atoms with Crippen LogP contribution in [-0.4, -0.2) is 17.6 Å². The number of hydrogen-bond acceptors (Lipinski definition) is 3. The Morgan fingerprint density at radius 3 is 2.79 bits per heavy atom. The van der Waals surface area contributed by atoms with Crippen LogP contribution in [0.2, 0.25) is 0 Å². The summed E-state index contributed by atoms with van der Waals surface area (Å²) in [6, 6.07) is 3.24. The van der Waals surface area contributed by atoms with Crippen molar-refractivity contribution < 1.29 is 9.53 Å². The first kappa shape index (κ1) is 10.5. The molecule has 1 aromatic rings. The quantitative estimate of drug-likeness (QED) is 0.725. The van der Waals surface area contributed by atoms with Crippen LogP contribution in [0.5, 0.6) is 0 Å². The van der Waals surface area contributed by atoms with Crippen LogP contribution in [0.4, 0.5) is 0 Å². The molecule has 0 fully saturated rings. The zero-order chi connectivity index (χ0) is 10.6. The molecular weight excluding hydrogens is 182 g/mol. The third-order valence-electron chi connectivity index (χ3n) is 1.68. The van der Waals surface area contributed by atoms with E-state index in [1.165, 1.54) is 6.07 Å². The van der Waals surface area contributed by atoms with E-state index in [0.29, 0.717) is 12.3 Å². The van der Waals surface area contributed by atoms with Crippen molar-refractivity contribution in [3.63, 3.8) is 0 Å². The van der Waals surface area contributed by atoms with Gasteiger partial charge in [0, 0.05) is 11.8 Å². The fourth-order valence-electron chi connectivity index (χ4n) is 1.22. The number of nitrogens with one attached hydrogen (secondary N) is 1. The van der Waals surface area contributed by atoms with Gasteiger partial charge in [0.05, 0.1) is 13.0 Å². The van der Waals surface area contributed by atoms with Gasteiger partial charge in [-0.3, -0.25) is 9.59 Å². The molecule has 4 nitrogen and oxygen atoms in total. The third kappa shape index (κ3) is 3.05. The molecule has 14 heavy (non-hydrogen) atoms. The molecule has 0 unspecified atom stereocenters. The van der Waals surface area contributed by atoms with E-state index >= 15 is 0 Å². The van der Waals surface area contributed by atoms with Crippen molar-refractivity contribution in [2.45, 2.75) is 20.3 Å². The molecule has 4 heteroatoms. The predicted octanol–water partition coefficient (Wildman–Crippen LogP) is 0.789. The summed E-state index contributed by atoms with van der Waals surface area (Å²) in [6.45, 7) is 3.91. The number of ether oxygens (including phenoxy) is 1. The Labute approximate surface area is 81.9 Å². The number of aryl methyl sites for hydroxylation is 1. The monoisotopic (exact) mass is 195 g/mol. The molecule has 1 N–H and O–H groups in total. The fraction of sp³-hybridized carbons (Fsp3) is 0.400. The topological polar surface area (TPSA) is 59.2 Å². The molecule has 0 aliphatic rings. The van der Waals surface area contributed by atoms with Crippen LogP contribution in [0.25, 0.3) is 0 Å². The molecule has 1 rings (SSSR count). The summed E-state index contributed by atoms with van der Waals surface area (Å²) in [5.74, 6) is -0.325. The van der Waals surface area contributed by atoms with Gasteiger partial charge in [0.15, 0.2) is 0 Å². The highest BCUT2D eigenvalue weighted by Gasteiger charge is 2.04. The summed E-state index contributed by atoms with van der Waals surface area (Å²) in [4.78, 5) is 24.7. The molecule has 0 saturated heterocycles. The number of carbonyl (C=O) groups excluding carboxylic acids is 1. The van der Waals surface area contributed by atoms with Gasteiger partial charge in [-0.2, -0.15) is 0 Å². The Kier molecular flexibility index (Phi) is 3.45. The molecule has 0 aliphatic carbocycles. The van der Waals surface area contributed by atoms with Gasteiger partial charge >= 0.3 is 5.97 Å². The van der Waals surface area contributed by atoms with Gasteiger partial charge in [-0.15, -0.1) is 0 Å². The highest BCUT2D eigenvalue weighted by atomic mass is 16.5. The van der Waals surface area contributed by atoms with Crippen LogP contribution < -0.4 is 5.56 Å². The number of hydrogen-bond donors (Lipinski definition) is 1. The molecular formula is C10H13NO3. The molecule has 0 saturated carbocycles. The number of H-pyrrole nitrogens is 1. The Hall–Kier alpha value is -1.58. The van der Waals surface area contributed by atoms with Gasteiger partial charge in [-0.25, -0.2) is 0 Å². The molecule has 0 amide bonds. The second-order valence-electron chi connectivity index (χ2n) is 3.03. The van der Waals surface area contributed by atoms with E-state index in [0.717, 1.165) is 5.56 Å². The highest BCUT2D eigenvalue weighted by Crippen LogP contribution is 1.98. The molecule has 0 radical (unpaired) electrons.